The van der Waals surface area contributed by atoms with Crippen LogP contribution in [0.1, 0.15) is 4.88 Å². The highest BCUT2D eigenvalue weighted by molar-refractivity contribution is 7.16. The Morgan fingerprint density at radius 3 is 2.50 bits per heavy atom. The van der Waals surface area contributed by atoms with E-state index in [-0.39, 0.29) is 10.2 Å². The van der Waals surface area contributed by atoms with Crippen molar-refractivity contribution in [3.63, 3.8) is 0 Å². The quantitative estimate of drug-likeness (QED) is 0.534. The number of aryl methyl sites for hydroxylation is 1. The fourth-order valence-electron chi connectivity index (χ4n) is 0.455. The van der Waals surface area contributed by atoms with Crippen LogP contribution in [0.2, 0.25) is 4.34 Å². The molecule has 0 N–H and O–H groups in total. The Balaban J connectivity index is 3.14. The lowest BCUT2D eigenvalue weighted by Crippen LogP contribution is -1.57. The van der Waals surface area contributed by atoms with E-state index in [1.807, 2.05) is 6.92 Å². The van der Waals surface area contributed by atoms with Gasteiger partial charge in [0.05, 0.1) is 0 Å². The van der Waals surface area contributed by atoms with Gasteiger partial charge < -0.3 is 0 Å². The van der Waals surface area contributed by atoms with E-state index in [9.17, 15) is 4.39 Å². The van der Waals surface area contributed by atoms with Crippen LogP contribution in [0.3, 0.4) is 0 Å². The second kappa shape index (κ2) is 2.03. The lowest BCUT2D eigenvalue weighted by atomic mass is 10.5. The molecule has 0 atom stereocenters. The van der Waals surface area contributed by atoms with Crippen LogP contribution in [-0.2, 0) is 0 Å². The first-order valence-corrected chi connectivity index (χ1v) is 3.31. The standard InChI is InChI=1S/C5H4ClFS/c1-3-2-4(7)5(6)8-3/h2H,1H3. The van der Waals surface area contributed by atoms with Crippen LogP contribution in [0.25, 0.3) is 0 Å². The normalized spacial score (nSPS) is 9.88. The van der Waals surface area contributed by atoms with Gasteiger partial charge in [-0.1, -0.05) is 11.6 Å². The molecule has 0 saturated carbocycles. The molecule has 0 fully saturated rings. The molecule has 44 valence electrons. The molecule has 0 aliphatic rings. The number of hydrogen-bond donors (Lipinski definition) is 0. The molecule has 0 amide bonds. The summed E-state index contributed by atoms with van der Waals surface area (Å²) in [6.45, 7) is 1.82. The Labute approximate surface area is 55.9 Å². The van der Waals surface area contributed by atoms with Crippen LogP contribution in [0.15, 0.2) is 6.07 Å². The Kier molecular flexibility index (Phi) is 1.54. The predicted molar refractivity (Wildman–Crippen MR) is 34.0 cm³/mol. The third-order valence-electron chi connectivity index (χ3n) is 0.768. The van der Waals surface area contributed by atoms with Crippen molar-refractivity contribution in [2.75, 3.05) is 0 Å². The maximum atomic E-state index is 12.2. The van der Waals surface area contributed by atoms with E-state index in [1.54, 1.807) is 0 Å². The maximum Gasteiger partial charge on any atom is 0.152 e. The third-order valence-corrected chi connectivity index (χ3v) is 1.99. The van der Waals surface area contributed by atoms with Gasteiger partial charge in [-0.15, -0.1) is 11.3 Å². The van der Waals surface area contributed by atoms with Gasteiger partial charge >= 0.3 is 0 Å². The summed E-state index contributed by atoms with van der Waals surface area (Å²) in [6.07, 6.45) is 0. The van der Waals surface area contributed by atoms with Crippen LogP contribution < -0.4 is 0 Å². The highest BCUT2D eigenvalue weighted by Crippen LogP contribution is 2.24. The van der Waals surface area contributed by atoms with E-state index in [4.69, 9.17) is 11.6 Å². The third kappa shape index (κ3) is 1.01. The van der Waals surface area contributed by atoms with Crippen molar-refractivity contribution in [3.05, 3.63) is 21.1 Å². The molecule has 1 rings (SSSR count). The summed E-state index contributed by atoms with van der Waals surface area (Å²) in [5.41, 5.74) is 0. The summed E-state index contributed by atoms with van der Waals surface area (Å²) in [5.74, 6) is -0.311. The average Bonchev–Trinajstić information content (AvgIpc) is 1.85. The smallest absolute Gasteiger partial charge is 0.152 e. The maximum absolute atomic E-state index is 12.2. The molecule has 0 saturated heterocycles. The Hall–Kier alpha value is -0.0800. The Morgan fingerprint density at radius 1 is 1.75 bits per heavy atom. The van der Waals surface area contributed by atoms with Crippen molar-refractivity contribution in [3.8, 4) is 0 Å². The van der Waals surface area contributed by atoms with Gasteiger partial charge in [-0.3, -0.25) is 0 Å². The lowest BCUT2D eigenvalue weighted by molar-refractivity contribution is 0.633. The van der Waals surface area contributed by atoms with Crippen molar-refractivity contribution < 1.29 is 4.39 Å². The molecule has 0 aromatic carbocycles. The molecule has 0 aliphatic carbocycles. The number of thiophene rings is 1. The van der Waals surface area contributed by atoms with E-state index >= 15 is 0 Å². The molecule has 1 aromatic heterocycles. The second-order valence-corrected chi connectivity index (χ2v) is 3.34. The number of halogens is 2. The van der Waals surface area contributed by atoms with Crippen LogP contribution >= 0.6 is 22.9 Å². The minimum absolute atomic E-state index is 0.252. The van der Waals surface area contributed by atoms with Gasteiger partial charge in [0.25, 0.3) is 0 Å². The highest BCUT2D eigenvalue weighted by Gasteiger charge is 2.00. The van der Waals surface area contributed by atoms with Crippen molar-refractivity contribution in [2.24, 2.45) is 0 Å². The Morgan fingerprint density at radius 2 is 2.38 bits per heavy atom. The minimum atomic E-state index is -0.311. The highest BCUT2D eigenvalue weighted by atomic mass is 35.5. The zero-order valence-electron chi connectivity index (χ0n) is 4.24. The summed E-state index contributed by atoms with van der Waals surface area (Å²) in [4.78, 5) is 0.910. The van der Waals surface area contributed by atoms with E-state index < -0.39 is 0 Å². The van der Waals surface area contributed by atoms with Crippen LogP contribution in [-0.4, -0.2) is 0 Å². The lowest BCUT2D eigenvalue weighted by Gasteiger charge is -1.72. The molecule has 0 nitrogen and oxygen atoms in total. The zero-order chi connectivity index (χ0) is 6.15. The summed E-state index contributed by atoms with van der Waals surface area (Å²) in [7, 11) is 0. The molecular weight excluding hydrogens is 147 g/mol. The molecule has 1 heterocycles. The summed E-state index contributed by atoms with van der Waals surface area (Å²) >= 11 is 6.63. The van der Waals surface area contributed by atoms with Crippen molar-refractivity contribution in [1.82, 2.24) is 0 Å². The van der Waals surface area contributed by atoms with Crippen molar-refractivity contribution in [2.45, 2.75) is 6.92 Å². The van der Waals surface area contributed by atoms with Gasteiger partial charge in [0, 0.05) is 4.88 Å². The molecule has 0 aliphatic heterocycles. The van der Waals surface area contributed by atoms with E-state index in [0.29, 0.717) is 0 Å². The first-order valence-electron chi connectivity index (χ1n) is 2.11. The molecule has 1 aromatic rings. The second-order valence-electron chi connectivity index (χ2n) is 1.48. The molecular formula is C5H4ClFS. The van der Waals surface area contributed by atoms with Crippen LogP contribution in [0.5, 0.6) is 0 Å². The topological polar surface area (TPSA) is 0 Å². The van der Waals surface area contributed by atoms with Crippen LogP contribution in [0, 0.1) is 12.7 Å². The van der Waals surface area contributed by atoms with Gasteiger partial charge in [0.1, 0.15) is 4.34 Å². The SMILES string of the molecule is Cc1cc(F)c(Cl)s1. The van der Waals surface area contributed by atoms with E-state index in [1.165, 1.54) is 17.4 Å². The van der Waals surface area contributed by atoms with E-state index in [0.717, 1.165) is 4.88 Å². The first-order chi connectivity index (χ1) is 3.70. The predicted octanol–water partition coefficient (Wildman–Crippen LogP) is 2.85. The summed E-state index contributed by atoms with van der Waals surface area (Å²) < 4.78 is 12.5. The monoisotopic (exact) mass is 150 g/mol. The molecule has 0 bridgehead atoms. The summed E-state index contributed by atoms with van der Waals surface area (Å²) in [5, 5.41) is 0. The fraction of sp³-hybridized carbons (Fsp3) is 0.200. The van der Waals surface area contributed by atoms with Crippen molar-refractivity contribution in [1.29, 1.82) is 0 Å². The number of rotatable bonds is 0. The first kappa shape index (κ1) is 6.05. The van der Waals surface area contributed by atoms with Gasteiger partial charge in [-0.25, -0.2) is 4.39 Å². The molecule has 0 radical (unpaired) electrons. The average molecular weight is 151 g/mol. The largest absolute Gasteiger partial charge is 0.204 e. The van der Waals surface area contributed by atoms with Gasteiger partial charge in [-0.2, -0.15) is 0 Å². The molecule has 3 heteroatoms. The van der Waals surface area contributed by atoms with E-state index in [2.05, 4.69) is 0 Å². The van der Waals surface area contributed by atoms with Gasteiger partial charge in [0.15, 0.2) is 5.82 Å². The fourth-order valence-corrected chi connectivity index (χ4v) is 1.48. The minimum Gasteiger partial charge on any atom is -0.204 e. The molecule has 0 unspecified atom stereocenters. The van der Waals surface area contributed by atoms with Crippen LogP contribution in [0.4, 0.5) is 4.39 Å². The molecule has 0 spiro atoms. The molecule has 8 heavy (non-hydrogen) atoms. The number of hydrogen-bond acceptors (Lipinski definition) is 1. The zero-order valence-corrected chi connectivity index (χ0v) is 5.81. The van der Waals surface area contributed by atoms with Crippen molar-refractivity contribution >= 4 is 22.9 Å². The van der Waals surface area contributed by atoms with Gasteiger partial charge in [-0.05, 0) is 13.0 Å². The summed E-state index contributed by atoms with van der Waals surface area (Å²) in [6, 6.07) is 1.42. The van der Waals surface area contributed by atoms with Gasteiger partial charge in [0.2, 0.25) is 0 Å². The Bertz CT molecular complexity index is 175.